The maximum atomic E-state index is 5.97. The van der Waals surface area contributed by atoms with E-state index in [1.807, 2.05) is 25.2 Å². The smallest absolute Gasteiger partial charge is 0.137 e. The van der Waals surface area contributed by atoms with Gasteiger partial charge in [0.25, 0.3) is 0 Å². The van der Waals surface area contributed by atoms with Crippen molar-refractivity contribution in [2.75, 3.05) is 11.9 Å². The minimum absolute atomic E-state index is 0.0778. The molecule has 108 valence electrons. The van der Waals surface area contributed by atoms with E-state index in [0.717, 1.165) is 27.1 Å². The molecule has 0 radical (unpaired) electrons. The zero-order chi connectivity index (χ0) is 14.9. The first-order valence-corrected chi connectivity index (χ1v) is 8.25. The summed E-state index contributed by atoms with van der Waals surface area (Å²) >= 11 is 11.0. The highest BCUT2D eigenvalue weighted by Gasteiger charge is 2.19. The molecule has 0 amide bonds. The average molecular weight is 375 g/mol. The van der Waals surface area contributed by atoms with Gasteiger partial charge in [0.1, 0.15) is 16.2 Å². The summed E-state index contributed by atoms with van der Waals surface area (Å²) in [5.41, 5.74) is -0.0778. The van der Waals surface area contributed by atoms with Crippen LogP contribution >= 0.6 is 38.9 Å². The Hall–Kier alpha value is -0.650. The van der Waals surface area contributed by atoms with Crippen LogP contribution in [0.1, 0.15) is 31.5 Å². The number of aromatic nitrogens is 2. The summed E-state index contributed by atoms with van der Waals surface area (Å²) in [6.07, 6.45) is 0. The van der Waals surface area contributed by atoms with E-state index < -0.39 is 0 Å². The van der Waals surface area contributed by atoms with Gasteiger partial charge in [-0.3, -0.25) is 0 Å². The lowest BCUT2D eigenvalue weighted by atomic mass is 9.96. The number of anilines is 1. The van der Waals surface area contributed by atoms with E-state index in [1.165, 1.54) is 4.88 Å². The molecule has 0 saturated carbocycles. The van der Waals surface area contributed by atoms with Gasteiger partial charge in [0.15, 0.2) is 0 Å². The number of thiophene rings is 1. The van der Waals surface area contributed by atoms with Crippen LogP contribution in [-0.4, -0.2) is 17.0 Å². The van der Waals surface area contributed by atoms with Crippen LogP contribution in [0.2, 0.25) is 4.34 Å². The second-order valence-electron chi connectivity index (χ2n) is 5.68. The Morgan fingerprint density at radius 3 is 2.55 bits per heavy atom. The standard InChI is InChI=1S/C14H17BrClN3S/c1-14(2,3)13-17-10(15)7-12(18-13)19(4)8-9-5-6-11(16)20-9/h5-7H,8H2,1-4H3. The molecule has 0 N–H and O–H groups in total. The molecule has 0 atom stereocenters. The Balaban J connectivity index is 2.25. The SMILES string of the molecule is CN(Cc1ccc(Cl)s1)c1cc(Br)nc(C(C)(C)C)n1. The lowest BCUT2D eigenvalue weighted by Gasteiger charge is -2.22. The number of rotatable bonds is 3. The Labute approximate surface area is 137 Å². The van der Waals surface area contributed by atoms with Crippen LogP contribution in [0.3, 0.4) is 0 Å². The molecule has 2 aromatic heterocycles. The van der Waals surface area contributed by atoms with Crippen molar-refractivity contribution in [3.05, 3.63) is 37.8 Å². The highest BCUT2D eigenvalue weighted by atomic mass is 79.9. The number of nitrogens with zero attached hydrogens (tertiary/aromatic N) is 3. The van der Waals surface area contributed by atoms with Crippen LogP contribution in [0, 0.1) is 0 Å². The average Bonchev–Trinajstić information content (AvgIpc) is 2.72. The quantitative estimate of drug-likeness (QED) is 0.716. The molecular formula is C14H17BrClN3S. The second-order valence-corrected chi connectivity index (χ2v) is 8.30. The Morgan fingerprint density at radius 1 is 1.30 bits per heavy atom. The van der Waals surface area contributed by atoms with E-state index >= 15 is 0 Å². The third-order valence-electron chi connectivity index (χ3n) is 2.77. The highest BCUT2D eigenvalue weighted by Crippen LogP contribution is 2.26. The van der Waals surface area contributed by atoms with Crippen LogP contribution in [0.15, 0.2) is 22.8 Å². The molecule has 0 fully saturated rings. The minimum Gasteiger partial charge on any atom is -0.354 e. The minimum atomic E-state index is -0.0778. The predicted octanol–water partition coefficient (Wildman–Crippen LogP) is 4.89. The van der Waals surface area contributed by atoms with Crippen molar-refractivity contribution in [1.82, 2.24) is 9.97 Å². The van der Waals surface area contributed by atoms with Gasteiger partial charge in [-0.1, -0.05) is 32.4 Å². The third-order valence-corrected chi connectivity index (χ3v) is 4.39. The number of hydrogen-bond acceptors (Lipinski definition) is 4. The van der Waals surface area contributed by atoms with Crippen molar-refractivity contribution in [3.63, 3.8) is 0 Å². The van der Waals surface area contributed by atoms with Crippen LogP contribution in [-0.2, 0) is 12.0 Å². The summed E-state index contributed by atoms with van der Waals surface area (Å²) in [5, 5.41) is 0. The van der Waals surface area contributed by atoms with Gasteiger partial charge in [-0.2, -0.15) is 0 Å². The summed E-state index contributed by atoms with van der Waals surface area (Å²) in [5.74, 6) is 1.74. The highest BCUT2D eigenvalue weighted by molar-refractivity contribution is 9.10. The molecular weight excluding hydrogens is 358 g/mol. The van der Waals surface area contributed by atoms with Gasteiger partial charge in [-0.25, -0.2) is 9.97 Å². The molecule has 2 rings (SSSR count). The van der Waals surface area contributed by atoms with Gasteiger partial charge in [0.2, 0.25) is 0 Å². The van der Waals surface area contributed by atoms with Gasteiger partial charge in [0.05, 0.1) is 10.9 Å². The van der Waals surface area contributed by atoms with Crippen molar-refractivity contribution in [1.29, 1.82) is 0 Å². The lowest BCUT2D eigenvalue weighted by molar-refractivity contribution is 0.542. The molecule has 2 heterocycles. The van der Waals surface area contributed by atoms with Crippen LogP contribution in [0.25, 0.3) is 0 Å². The van der Waals surface area contributed by atoms with Gasteiger partial charge >= 0.3 is 0 Å². The van der Waals surface area contributed by atoms with E-state index in [2.05, 4.69) is 51.6 Å². The van der Waals surface area contributed by atoms with Crippen molar-refractivity contribution in [2.24, 2.45) is 0 Å². The van der Waals surface area contributed by atoms with Crippen molar-refractivity contribution in [3.8, 4) is 0 Å². The fourth-order valence-electron chi connectivity index (χ4n) is 1.69. The topological polar surface area (TPSA) is 29.0 Å². The molecule has 2 aromatic rings. The van der Waals surface area contributed by atoms with Crippen LogP contribution in [0.4, 0.5) is 5.82 Å². The summed E-state index contributed by atoms with van der Waals surface area (Å²) in [6.45, 7) is 7.11. The molecule has 0 aliphatic heterocycles. The van der Waals surface area contributed by atoms with Gasteiger partial charge in [0, 0.05) is 23.4 Å². The maximum absolute atomic E-state index is 5.97. The third kappa shape index (κ3) is 3.93. The summed E-state index contributed by atoms with van der Waals surface area (Å²) in [6, 6.07) is 5.90. The van der Waals surface area contributed by atoms with Gasteiger partial charge in [-0.15, -0.1) is 11.3 Å². The number of hydrogen-bond donors (Lipinski definition) is 0. The Bertz CT molecular complexity index is 607. The predicted molar refractivity (Wildman–Crippen MR) is 89.9 cm³/mol. The van der Waals surface area contributed by atoms with E-state index in [-0.39, 0.29) is 5.41 Å². The zero-order valence-corrected chi connectivity index (χ0v) is 15.1. The zero-order valence-electron chi connectivity index (χ0n) is 11.9. The van der Waals surface area contributed by atoms with Crippen molar-refractivity contribution < 1.29 is 0 Å². The summed E-state index contributed by atoms with van der Waals surface area (Å²) in [4.78, 5) is 12.4. The Kier molecular flexibility index (Phi) is 4.72. The van der Waals surface area contributed by atoms with Crippen molar-refractivity contribution in [2.45, 2.75) is 32.7 Å². The second kappa shape index (κ2) is 6.00. The van der Waals surface area contributed by atoms with Gasteiger partial charge in [-0.05, 0) is 28.1 Å². The molecule has 0 aromatic carbocycles. The van der Waals surface area contributed by atoms with Crippen LogP contribution < -0.4 is 4.90 Å². The molecule has 0 aliphatic carbocycles. The fourth-order valence-corrected chi connectivity index (χ4v) is 3.20. The molecule has 0 bridgehead atoms. The Morgan fingerprint density at radius 2 is 2.00 bits per heavy atom. The van der Waals surface area contributed by atoms with E-state index in [4.69, 9.17) is 11.6 Å². The largest absolute Gasteiger partial charge is 0.354 e. The fraction of sp³-hybridized carbons (Fsp3) is 0.429. The first-order valence-electron chi connectivity index (χ1n) is 6.26. The molecule has 0 spiro atoms. The van der Waals surface area contributed by atoms with E-state index in [9.17, 15) is 0 Å². The molecule has 6 heteroatoms. The maximum Gasteiger partial charge on any atom is 0.137 e. The number of halogens is 2. The molecule has 0 saturated heterocycles. The normalized spacial score (nSPS) is 11.7. The molecule has 20 heavy (non-hydrogen) atoms. The van der Waals surface area contributed by atoms with Crippen molar-refractivity contribution >= 4 is 44.7 Å². The molecule has 0 unspecified atom stereocenters. The molecule has 0 aliphatic rings. The first kappa shape index (κ1) is 15.7. The van der Waals surface area contributed by atoms with E-state index in [0.29, 0.717) is 0 Å². The molecule has 3 nitrogen and oxygen atoms in total. The summed E-state index contributed by atoms with van der Waals surface area (Å²) in [7, 11) is 2.02. The van der Waals surface area contributed by atoms with E-state index in [1.54, 1.807) is 11.3 Å². The first-order chi connectivity index (χ1) is 9.25. The monoisotopic (exact) mass is 373 g/mol. The van der Waals surface area contributed by atoms with Gasteiger partial charge < -0.3 is 4.90 Å². The summed E-state index contributed by atoms with van der Waals surface area (Å²) < 4.78 is 1.62. The lowest BCUT2D eigenvalue weighted by Crippen LogP contribution is -2.22. The van der Waals surface area contributed by atoms with Crippen LogP contribution in [0.5, 0.6) is 0 Å².